The molecule has 3 heterocycles. The molecule has 1 fully saturated rings. The van der Waals surface area contributed by atoms with Crippen molar-refractivity contribution >= 4 is 23.6 Å². The largest absolute Gasteiger partial charge is 0.454 e. The average Bonchev–Trinajstić information content (AvgIpc) is 3.36. The molecule has 0 aliphatic carbocycles. The van der Waals surface area contributed by atoms with Crippen LogP contribution in [0.25, 0.3) is 11.3 Å². The van der Waals surface area contributed by atoms with Crippen LogP contribution in [0.5, 0.6) is 11.5 Å². The minimum atomic E-state index is -0.0921. The molecule has 1 aromatic heterocycles. The fourth-order valence-corrected chi connectivity index (χ4v) is 4.78. The molecule has 8 nitrogen and oxygen atoms in total. The van der Waals surface area contributed by atoms with Crippen LogP contribution in [0.1, 0.15) is 17.3 Å². The van der Waals surface area contributed by atoms with E-state index in [2.05, 4.69) is 10.2 Å². The minimum Gasteiger partial charge on any atom is -0.454 e. The minimum absolute atomic E-state index is 0.0287. The molecule has 3 aromatic rings. The van der Waals surface area contributed by atoms with E-state index in [0.717, 1.165) is 11.3 Å². The number of hydrogen-bond donors (Lipinski definition) is 0. The van der Waals surface area contributed by atoms with Crippen molar-refractivity contribution in [3.63, 3.8) is 0 Å². The van der Waals surface area contributed by atoms with Crippen molar-refractivity contribution in [3.8, 4) is 22.8 Å². The Labute approximate surface area is 201 Å². The Bertz CT molecular complexity index is 1190. The Morgan fingerprint density at radius 2 is 1.82 bits per heavy atom. The van der Waals surface area contributed by atoms with E-state index in [4.69, 9.17) is 9.47 Å². The molecule has 0 spiro atoms. The number of benzene rings is 2. The Balaban J connectivity index is 1.14. The summed E-state index contributed by atoms with van der Waals surface area (Å²) in [6, 6.07) is 18.8. The standard InChI is InChI=1S/C25H24N4O4S/c1-17-14-28(11-12-29(17)25(31)19-7-9-21-22(13-19)33-16-32-21)24(30)15-34-23-10-8-20(26-27-23)18-5-3-2-4-6-18/h2-10,13,17H,11-12,14-16H2,1H3. The second kappa shape index (κ2) is 9.72. The number of piperazine rings is 1. The van der Waals surface area contributed by atoms with Crippen LogP contribution in [-0.2, 0) is 4.79 Å². The van der Waals surface area contributed by atoms with Crippen molar-refractivity contribution in [3.05, 3.63) is 66.2 Å². The van der Waals surface area contributed by atoms with Crippen LogP contribution in [0.2, 0.25) is 0 Å². The molecule has 2 aromatic carbocycles. The highest BCUT2D eigenvalue weighted by molar-refractivity contribution is 7.99. The van der Waals surface area contributed by atoms with Gasteiger partial charge in [-0.2, -0.15) is 0 Å². The SMILES string of the molecule is CC1CN(C(=O)CSc2ccc(-c3ccccc3)nn2)CCN1C(=O)c1ccc2c(c1)OCO2. The molecule has 0 radical (unpaired) electrons. The molecule has 1 atom stereocenters. The summed E-state index contributed by atoms with van der Waals surface area (Å²) in [4.78, 5) is 29.5. The van der Waals surface area contributed by atoms with Crippen molar-refractivity contribution in [1.29, 1.82) is 0 Å². The van der Waals surface area contributed by atoms with E-state index in [1.54, 1.807) is 18.2 Å². The van der Waals surface area contributed by atoms with E-state index >= 15 is 0 Å². The zero-order chi connectivity index (χ0) is 23.5. The predicted molar refractivity (Wildman–Crippen MR) is 128 cm³/mol. The van der Waals surface area contributed by atoms with E-state index < -0.39 is 0 Å². The number of nitrogens with zero attached hydrogens (tertiary/aromatic N) is 4. The van der Waals surface area contributed by atoms with Crippen molar-refractivity contribution < 1.29 is 19.1 Å². The third-order valence-electron chi connectivity index (χ3n) is 5.91. The van der Waals surface area contributed by atoms with Crippen LogP contribution in [0.3, 0.4) is 0 Å². The predicted octanol–water partition coefficient (Wildman–Crippen LogP) is 3.34. The van der Waals surface area contributed by atoms with Crippen LogP contribution >= 0.6 is 11.8 Å². The van der Waals surface area contributed by atoms with Gasteiger partial charge in [0.05, 0.1) is 11.4 Å². The molecule has 5 rings (SSSR count). The lowest BCUT2D eigenvalue weighted by molar-refractivity contribution is -0.130. The Kier molecular flexibility index (Phi) is 6.35. The average molecular weight is 477 g/mol. The molecular weight excluding hydrogens is 452 g/mol. The van der Waals surface area contributed by atoms with Gasteiger partial charge in [-0.25, -0.2) is 0 Å². The summed E-state index contributed by atoms with van der Waals surface area (Å²) >= 11 is 1.37. The summed E-state index contributed by atoms with van der Waals surface area (Å²) in [5.74, 6) is 1.48. The fourth-order valence-electron chi connectivity index (χ4n) is 4.07. The zero-order valence-electron chi connectivity index (χ0n) is 18.7. The zero-order valence-corrected chi connectivity index (χ0v) is 19.5. The lowest BCUT2D eigenvalue weighted by Crippen LogP contribution is -2.55. The van der Waals surface area contributed by atoms with Crippen LogP contribution in [0, 0.1) is 0 Å². The quantitative estimate of drug-likeness (QED) is 0.522. The van der Waals surface area contributed by atoms with Crippen molar-refractivity contribution in [2.24, 2.45) is 0 Å². The molecule has 34 heavy (non-hydrogen) atoms. The number of carbonyl (C=O) groups excluding carboxylic acids is 2. The lowest BCUT2D eigenvalue weighted by Gasteiger charge is -2.40. The summed E-state index contributed by atoms with van der Waals surface area (Å²) in [7, 11) is 0. The van der Waals surface area contributed by atoms with Crippen LogP contribution in [0.4, 0.5) is 0 Å². The normalized spacial score (nSPS) is 17.0. The first-order chi connectivity index (χ1) is 16.6. The highest BCUT2D eigenvalue weighted by Gasteiger charge is 2.31. The fraction of sp³-hybridized carbons (Fsp3) is 0.280. The topological polar surface area (TPSA) is 84.9 Å². The van der Waals surface area contributed by atoms with Gasteiger partial charge >= 0.3 is 0 Å². The smallest absolute Gasteiger partial charge is 0.254 e. The van der Waals surface area contributed by atoms with Crippen LogP contribution in [-0.4, -0.2) is 70.0 Å². The van der Waals surface area contributed by atoms with E-state index in [1.165, 1.54) is 11.8 Å². The first-order valence-corrected chi connectivity index (χ1v) is 12.1. The van der Waals surface area contributed by atoms with E-state index in [-0.39, 0.29) is 30.4 Å². The first kappa shape index (κ1) is 22.2. The molecule has 174 valence electrons. The number of thioether (sulfide) groups is 1. The lowest BCUT2D eigenvalue weighted by atomic mass is 10.1. The number of fused-ring (bicyclic) bond motifs is 1. The van der Waals surface area contributed by atoms with Gasteiger partial charge in [0.25, 0.3) is 5.91 Å². The maximum atomic E-state index is 13.0. The van der Waals surface area contributed by atoms with E-state index in [0.29, 0.717) is 41.7 Å². The van der Waals surface area contributed by atoms with Gasteiger partial charge in [-0.15, -0.1) is 10.2 Å². The highest BCUT2D eigenvalue weighted by atomic mass is 32.2. The van der Waals surface area contributed by atoms with Crippen LogP contribution < -0.4 is 9.47 Å². The highest BCUT2D eigenvalue weighted by Crippen LogP contribution is 2.33. The molecule has 2 aliphatic heterocycles. The monoisotopic (exact) mass is 476 g/mol. The Hall–Kier alpha value is -3.59. The molecule has 2 amide bonds. The number of rotatable bonds is 5. The summed E-state index contributed by atoms with van der Waals surface area (Å²) < 4.78 is 10.7. The molecule has 2 aliphatic rings. The summed E-state index contributed by atoms with van der Waals surface area (Å²) in [6.07, 6.45) is 0. The van der Waals surface area contributed by atoms with Crippen LogP contribution in [0.15, 0.2) is 65.7 Å². The molecular formula is C25H24N4O4S. The maximum Gasteiger partial charge on any atom is 0.254 e. The molecule has 0 saturated carbocycles. The Morgan fingerprint density at radius 3 is 2.59 bits per heavy atom. The molecule has 9 heteroatoms. The maximum absolute atomic E-state index is 13.0. The molecule has 1 saturated heterocycles. The second-order valence-electron chi connectivity index (χ2n) is 8.17. The van der Waals surface area contributed by atoms with Gasteiger partial charge in [0.15, 0.2) is 11.5 Å². The summed E-state index contributed by atoms with van der Waals surface area (Å²) in [6.45, 7) is 3.61. The van der Waals surface area contributed by atoms with Gasteiger partial charge in [0.2, 0.25) is 12.7 Å². The van der Waals surface area contributed by atoms with E-state index in [1.807, 2.05) is 59.2 Å². The third kappa shape index (κ3) is 4.70. The molecule has 1 unspecified atom stereocenters. The second-order valence-corrected chi connectivity index (χ2v) is 9.16. The van der Waals surface area contributed by atoms with Gasteiger partial charge in [-0.1, -0.05) is 42.1 Å². The van der Waals surface area contributed by atoms with Gasteiger partial charge in [-0.05, 0) is 37.3 Å². The number of ether oxygens (including phenoxy) is 2. The number of hydrogen-bond acceptors (Lipinski definition) is 7. The van der Waals surface area contributed by atoms with Gasteiger partial charge in [0.1, 0.15) is 5.03 Å². The summed E-state index contributed by atoms with van der Waals surface area (Å²) in [5.41, 5.74) is 2.36. The third-order valence-corrected chi connectivity index (χ3v) is 6.82. The van der Waals surface area contributed by atoms with Gasteiger partial charge < -0.3 is 19.3 Å². The number of aromatic nitrogens is 2. The van der Waals surface area contributed by atoms with Crippen molar-refractivity contribution in [2.45, 2.75) is 18.0 Å². The number of carbonyl (C=O) groups is 2. The van der Waals surface area contributed by atoms with E-state index in [9.17, 15) is 9.59 Å². The first-order valence-electron chi connectivity index (χ1n) is 11.1. The van der Waals surface area contributed by atoms with Gasteiger partial charge in [-0.3, -0.25) is 9.59 Å². The van der Waals surface area contributed by atoms with Gasteiger partial charge in [0, 0.05) is 36.8 Å². The van der Waals surface area contributed by atoms with Crippen molar-refractivity contribution in [1.82, 2.24) is 20.0 Å². The Morgan fingerprint density at radius 1 is 1.00 bits per heavy atom. The molecule has 0 N–H and O–H groups in total. The molecule has 0 bridgehead atoms. The summed E-state index contributed by atoms with van der Waals surface area (Å²) in [5, 5.41) is 9.23. The number of amides is 2. The van der Waals surface area contributed by atoms with Crippen molar-refractivity contribution in [2.75, 3.05) is 32.2 Å².